The van der Waals surface area contributed by atoms with Crippen LogP contribution in [-0.2, 0) is 0 Å². The summed E-state index contributed by atoms with van der Waals surface area (Å²) in [5.74, 6) is 6.43. The van der Waals surface area contributed by atoms with Gasteiger partial charge in [-0.25, -0.2) is 0 Å². The molecule has 1 aromatic heterocycles. The van der Waals surface area contributed by atoms with Gasteiger partial charge in [0.15, 0.2) is 0 Å². The van der Waals surface area contributed by atoms with Crippen molar-refractivity contribution in [2.75, 3.05) is 0 Å². The molecule has 9 heavy (non-hydrogen) atoms. The van der Waals surface area contributed by atoms with Gasteiger partial charge in [0.2, 0.25) is 0 Å². The molecule has 1 rings (SSSR count). The molecule has 0 saturated carbocycles. The minimum Gasteiger partial charge on any atom is -0.460 e. The third-order valence-electron chi connectivity index (χ3n) is 0.963. The molecule has 48 valence electrons. The fourth-order valence-corrected chi connectivity index (χ4v) is 0.596. The van der Waals surface area contributed by atoms with Gasteiger partial charge in [-0.2, -0.15) is 5.10 Å². The molecular weight excluding hydrogens is 116 g/mol. The highest BCUT2D eigenvalue weighted by molar-refractivity contribution is 5.75. The molecule has 3 nitrogen and oxygen atoms in total. The van der Waals surface area contributed by atoms with Crippen LogP contribution in [0.25, 0.3) is 0 Å². The molecule has 0 aromatic carbocycles. The van der Waals surface area contributed by atoms with Crippen LogP contribution in [0, 0.1) is 6.92 Å². The number of hydrogen-bond donors (Lipinski definition) is 1. The fraction of sp³-hybridized carbons (Fsp3) is 0.167. The first kappa shape index (κ1) is 5.88. The average Bonchev–Trinajstić information content (AvgIpc) is 2.17. The summed E-state index contributed by atoms with van der Waals surface area (Å²) in [5, 5.41) is 3.30. The normalized spacial score (nSPS) is 10.8. The molecule has 0 aliphatic rings. The van der Waals surface area contributed by atoms with E-state index in [1.165, 1.54) is 6.21 Å². The minimum atomic E-state index is 0.690. The van der Waals surface area contributed by atoms with E-state index in [2.05, 4.69) is 5.10 Å². The Bertz CT molecular complexity index is 215. The lowest BCUT2D eigenvalue weighted by Crippen LogP contribution is -1.81. The number of rotatable bonds is 1. The van der Waals surface area contributed by atoms with Gasteiger partial charge >= 0.3 is 0 Å². The lowest BCUT2D eigenvalue weighted by Gasteiger charge is -1.79. The van der Waals surface area contributed by atoms with Crippen molar-refractivity contribution in [1.82, 2.24) is 0 Å². The van der Waals surface area contributed by atoms with Crippen LogP contribution in [0.2, 0.25) is 0 Å². The smallest absolute Gasteiger partial charge is 0.147 e. The third-order valence-corrected chi connectivity index (χ3v) is 0.963. The second kappa shape index (κ2) is 2.35. The topological polar surface area (TPSA) is 51.5 Å². The Kier molecular flexibility index (Phi) is 1.53. The summed E-state index contributed by atoms with van der Waals surface area (Å²) in [5.41, 5.74) is 0. The zero-order valence-corrected chi connectivity index (χ0v) is 5.16. The molecule has 0 amide bonds. The summed E-state index contributed by atoms with van der Waals surface area (Å²) in [6.07, 6.45) is 1.47. The molecule has 2 N–H and O–H groups in total. The Morgan fingerprint density at radius 2 is 2.44 bits per heavy atom. The summed E-state index contributed by atoms with van der Waals surface area (Å²) in [6, 6.07) is 3.67. The highest BCUT2D eigenvalue weighted by Gasteiger charge is 1.90. The van der Waals surface area contributed by atoms with Gasteiger partial charge in [-0.05, 0) is 19.1 Å². The highest BCUT2D eigenvalue weighted by Crippen LogP contribution is 2.02. The van der Waals surface area contributed by atoms with Gasteiger partial charge in [0.25, 0.3) is 0 Å². The quantitative estimate of drug-likeness (QED) is 0.343. The first-order valence-electron chi connectivity index (χ1n) is 2.62. The van der Waals surface area contributed by atoms with Crippen molar-refractivity contribution in [3.05, 3.63) is 23.7 Å². The summed E-state index contributed by atoms with van der Waals surface area (Å²) >= 11 is 0. The van der Waals surface area contributed by atoms with Crippen LogP contribution < -0.4 is 5.84 Å². The van der Waals surface area contributed by atoms with Crippen LogP contribution in [0.15, 0.2) is 21.7 Å². The predicted octanol–water partition coefficient (Wildman–Crippen LogP) is 0.881. The molecule has 0 radical (unpaired) electrons. The summed E-state index contributed by atoms with van der Waals surface area (Å²) in [4.78, 5) is 0. The SMILES string of the molecule is Cc1ccc(C=NN)o1. The van der Waals surface area contributed by atoms with Crippen LogP contribution in [0.1, 0.15) is 11.5 Å². The molecular formula is C6H8N2O. The molecule has 0 saturated heterocycles. The van der Waals surface area contributed by atoms with Crippen LogP contribution in [0.4, 0.5) is 0 Å². The van der Waals surface area contributed by atoms with Crippen molar-refractivity contribution >= 4 is 6.21 Å². The van der Waals surface area contributed by atoms with Crippen LogP contribution in [0.5, 0.6) is 0 Å². The molecule has 1 aromatic rings. The maximum absolute atomic E-state index is 5.09. The average molecular weight is 124 g/mol. The van der Waals surface area contributed by atoms with Crippen molar-refractivity contribution in [2.45, 2.75) is 6.92 Å². The standard InChI is InChI=1S/C6H8N2O/c1-5-2-3-6(9-5)4-8-7/h2-4H,7H2,1H3. The van der Waals surface area contributed by atoms with Crippen molar-refractivity contribution in [2.24, 2.45) is 10.9 Å². The van der Waals surface area contributed by atoms with E-state index in [4.69, 9.17) is 10.3 Å². The molecule has 0 bridgehead atoms. The zero-order valence-electron chi connectivity index (χ0n) is 5.16. The van der Waals surface area contributed by atoms with Crippen LogP contribution >= 0.6 is 0 Å². The molecule has 0 atom stereocenters. The second-order valence-electron chi connectivity index (χ2n) is 1.73. The van der Waals surface area contributed by atoms with Crippen molar-refractivity contribution in [3.63, 3.8) is 0 Å². The first-order chi connectivity index (χ1) is 4.33. The lowest BCUT2D eigenvalue weighted by molar-refractivity contribution is 0.528. The summed E-state index contributed by atoms with van der Waals surface area (Å²) in [7, 11) is 0. The molecule has 0 fully saturated rings. The Balaban J connectivity index is 2.85. The molecule has 1 heterocycles. The molecule has 0 spiro atoms. The fourth-order valence-electron chi connectivity index (χ4n) is 0.596. The van der Waals surface area contributed by atoms with Crippen LogP contribution in [0.3, 0.4) is 0 Å². The van der Waals surface area contributed by atoms with E-state index < -0.39 is 0 Å². The van der Waals surface area contributed by atoms with Crippen molar-refractivity contribution in [3.8, 4) is 0 Å². The number of nitrogens with two attached hydrogens (primary N) is 1. The van der Waals surface area contributed by atoms with E-state index in [0.717, 1.165) is 5.76 Å². The van der Waals surface area contributed by atoms with Gasteiger partial charge in [-0.1, -0.05) is 0 Å². The van der Waals surface area contributed by atoms with Gasteiger partial charge in [0.05, 0.1) is 6.21 Å². The van der Waals surface area contributed by atoms with E-state index in [-0.39, 0.29) is 0 Å². The Labute approximate surface area is 53.2 Å². The number of hydrazone groups is 1. The van der Waals surface area contributed by atoms with E-state index in [9.17, 15) is 0 Å². The van der Waals surface area contributed by atoms with E-state index in [0.29, 0.717) is 5.76 Å². The number of hydrogen-bond acceptors (Lipinski definition) is 3. The first-order valence-corrected chi connectivity index (χ1v) is 2.62. The van der Waals surface area contributed by atoms with E-state index >= 15 is 0 Å². The van der Waals surface area contributed by atoms with E-state index in [1.54, 1.807) is 0 Å². The monoisotopic (exact) mass is 124 g/mol. The maximum atomic E-state index is 5.09. The van der Waals surface area contributed by atoms with Gasteiger partial charge in [-0.15, -0.1) is 0 Å². The molecule has 0 unspecified atom stereocenters. The second-order valence-corrected chi connectivity index (χ2v) is 1.73. The van der Waals surface area contributed by atoms with Crippen molar-refractivity contribution < 1.29 is 4.42 Å². The number of furan rings is 1. The summed E-state index contributed by atoms with van der Waals surface area (Å²) in [6.45, 7) is 1.87. The maximum Gasteiger partial charge on any atom is 0.147 e. The zero-order chi connectivity index (χ0) is 6.69. The Morgan fingerprint density at radius 1 is 1.67 bits per heavy atom. The van der Waals surface area contributed by atoms with Gasteiger partial charge in [0.1, 0.15) is 11.5 Å². The lowest BCUT2D eigenvalue weighted by atomic mass is 10.4. The third kappa shape index (κ3) is 1.32. The highest BCUT2D eigenvalue weighted by atomic mass is 16.3. The van der Waals surface area contributed by atoms with Gasteiger partial charge < -0.3 is 10.3 Å². The molecule has 0 aliphatic heterocycles. The minimum absolute atomic E-state index is 0.690. The number of nitrogens with zero attached hydrogens (tertiary/aromatic N) is 1. The van der Waals surface area contributed by atoms with Crippen LogP contribution in [-0.4, -0.2) is 6.21 Å². The molecule has 3 heteroatoms. The van der Waals surface area contributed by atoms with Gasteiger partial charge in [0, 0.05) is 0 Å². The summed E-state index contributed by atoms with van der Waals surface area (Å²) < 4.78 is 5.09. The number of aryl methyl sites for hydroxylation is 1. The Hall–Kier alpha value is -1.25. The predicted molar refractivity (Wildman–Crippen MR) is 35.2 cm³/mol. The van der Waals surface area contributed by atoms with E-state index in [1.807, 2.05) is 19.1 Å². The van der Waals surface area contributed by atoms with Crippen molar-refractivity contribution in [1.29, 1.82) is 0 Å². The largest absolute Gasteiger partial charge is 0.460 e. The molecule has 0 aliphatic carbocycles. The van der Waals surface area contributed by atoms with Gasteiger partial charge in [-0.3, -0.25) is 0 Å². The Morgan fingerprint density at radius 3 is 2.89 bits per heavy atom.